The highest BCUT2D eigenvalue weighted by Gasteiger charge is 2.23. The van der Waals surface area contributed by atoms with Crippen LogP contribution in [0.2, 0.25) is 0 Å². The Balaban J connectivity index is 1.62. The van der Waals surface area contributed by atoms with E-state index in [-0.39, 0.29) is 18.4 Å². The smallest absolute Gasteiger partial charge is 0.239 e. The van der Waals surface area contributed by atoms with Crippen LogP contribution < -0.4 is 5.32 Å². The number of nitrogens with zero attached hydrogens (tertiary/aromatic N) is 5. The van der Waals surface area contributed by atoms with Crippen LogP contribution in [0.5, 0.6) is 0 Å². The van der Waals surface area contributed by atoms with Crippen LogP contribution >= 0.6 is 0 Å². The fraction of sp³-hybridized carbons (Fsp3) is 0.560. The molecule has 1 saturated heterocycles. The molecule has 2 aromatic rings. The first-order valence-corrected chi connectivity index (χ1v) is 12.0. The van der Waals surface area contributed by atoms with Crippen molar-refractivity contribution in [3.8, 4) is 6.07 Å². The van der Waals surface area contributed by atoms with Crippen molar-refractivity contribution in [1.82, 2.24) is 19.3 Å². The van der Waals surface area contributed by atoms with E-state index in [0.29, 0.717) is 24.5 Å². The second-order valence-corrected chi connectivity index (χ2v) is 8.73. The summed E-state index contributed by atoms with van der Waals surface area (Å²) >= 11 is 0. The summed E-state index contributed by atoms with van der Waals surface area (Å²) in [5.74, 6) is 1.27. The number of carbonyl (C=O) groups is 2. The number of nitriles is 1. The molecule has 0 aliphatic carbocycles. The molecule has 0 unspecified atom stereocenters. The average Bonchev–Trinajstić information content (AvgIpc) is 3.33. The van der Waals surface area contributed by atoms with Gasteiger partial charge in [-0.1, -0.05) is 0 Å². The van der Waals surface area contributed by atoms with Crippen molar-refractivity contribution < 1.29 is 14.0 Å². The molecule has 0 radical (unpaired) electrons. The summed E-state index contributed by atoms with van der Waals surface area (Å²) in [4.78, 5) is 31.6. The minimum absolute atomic E-state index is 0.151. The van der Waals surface area contributed by atoms with Gasteiger partial charge in [0.25, 0.3) is 0 Å². The molecule has 3 rings (SSSR count). The maximum atomic E-state index is 13.0. The first kappa shape index (κ1) is 25.5. The number of aromatic nitrogens is 1. The molecule has 2 amide bonds. The molecule has 1 aliphatic heterocycles. The second-order valence-electron chi connectivity index (χ2n) is 8.73. The number of amides is 2. The Hall–Kier alpha value is -3.09. The number of hydrogen-bond donors (Lipinski definition) is 1. The van der Waals surface area contributed by atoms with E-state index in [0.717, 1.165) is 62.7 Å². The largest absolute Gasteiger partial charge is 0.467 e. The number of carbonyl (C=O) groups excluding carboxylic acids is 2. The van der Waals surface area contributed by atoms with Gasteiger partial charge in [-0.15, -0.1) is 0 Å². The third-order valence-corrected chi connectivity index (χ3v) is 6.62. The number of nitrogens with one attached hydrogen (secondary N) is 1. The third kappa shape index (κ3) is 6.07. The van der Waals surface area contributed by atoms with Crippen molar-refractivity contribution in [3.05, 3.63) is 41.0 Å². The number of likely N-dealkylation sites (N-methyl/N-ethyl adjacent to an activating group) is 1. The molecule has 1 fully saturated rings. The summed E-state index contributed by atoms with van der Waals surface area (Å²) in [7, 11) is 0. The quantitative estimate of drug-likeness (QED) is 0.607. The summed E-state index contributed by atoms with van der Waals surface area (Å²) in [5, 5.41) is 12.7. The van der Waals surface area contributed by atoms with Crippen molar-refractivity contribution in [1.29, 1.82) is 5.26 Å². The molecule has 0 bridgehead atoms. The Morgan fingerprint density at radius 3 is 2.38 bits per heavy atom. The summed E-state index contributed by atoms with van der Waals surface area (Å²) in [6, 6.07) is 5.94. The van der Waals surface area contributed by atoms with Gasteiger partial charge in [0.2, 0.25) is 11.8 Å². The van der Waals surface area contributed by atoms with Gasteiger partial charge in [0.05, 0.1) is 31.5 Å². The van der Waals surface area contributed by atoms with Gasteiger partial charge in [-0.05, 0) is 64.9 Å². The number of furan rings is 1. The van der Waals surface area contributed by atoms with Gasteiger partial charge < -0.3 is 19.2 Å². The van der Waals surface area contributed by atoms with E-state index in [1.807, 2.05) is 49.3 Å². The molecule has 34 heavy (non-hydrogen) atoms. The lowest BCUT2D eigenvalue weighted by Crippen LogP contribution is -2.42. The molecule has 0 aromatic carbocycles. The van der Waals surface area contributed by atoms with Gasteiger partial charge in [0.1, 0.15) is 17.6 Å². The minimum atomic E-state index is -0.151. The fourth-order valence-corrected chi connectivity index (χ4v) is 4.47. The van der Waals surface area contributed by atoms with Crippen molar-refractivity contribution in [2.75, 3.05) is 57.7 Å². The summed E-state index contributed by atoms with van der Waals surface area (Å²) in [6.07, 6.45) is 2.51. The van der Waals surface area contributed by atoms with E-state index in [4.69, 9.17) is 4.42 Å². The van der Waals surface area contributed by atoms with Crippen molar-refractivity contribution in [2.45, 2.75) is 40.7 Å². The van der Waals surface area contributed by atoms with E-state index in [9.17, 15) is 14.9 Å². The predicted molar refractivity (Wildman–Crippen MR) is 130 cm³/mol. The highest BCUT2D eigenvalue weighted by Crippen LogP contribution is 2.27. The lowest BCUT2D eigenvalue weighted by molar-refractivity contribution is -0.132. The summed E-state index contributed by atoms with van der Waals surface area (Å²) in [5.41, 5.74) is 2.26. The van der Waals surface area contributed by atoms with Gasteiger partial charge in [-0.2, -0.15) is 5.26 Å². The normalized spacial score (nSPS) is 15.0. The van der Waals surface area contributed by atoms with Crippen LogP contribution in [-0.2, 0) is 16.1 Å². The maximum Gasteiger partial charge on any atom is 0.239 e. The maximum absolute atomic E-state index is 13.0. The zero-order valence-electron chi connectivity index (χ0n) is 20.8. The Morgan fingerprint density at radius 1 is 1.12 bits per heavy atom. The minimum Gasteiger partial charge on any atom is -0.467 e. The molecule has 0 atom stereocenters. The Morgan fingerprint density at radius 2 is 1.79 bits per heavy atom. The Bertz CT molecular complexity index is 1020. The molecule has 0 saturated carbocycles. The van der Waals surface area contributed by atoms with Gasteiger partial charge >= 0.3 is 0 Å². The van der Waals surface area contributed by atoms with Crippen LogP contribution in [0.3, 0.4) is 0 Å². The molecular formula is C25H36N6O3. The average molecular weight is 469 g/mol. The van der Waals surface area contributed by atoms with Gasteiger partial charge in [-0.3, -0.25) is 19.4 Å². The van der Waals surface area contributed by atoms with Crippen molar-refractivity contribution in [3.63, 3.8) is 0 Å². The van der Waals surface area contributed by atoms with Gasteiger partial charge in [0, 0.05) is 31.9 Å². The Kier molecular flexibility index (Phi) is 8.91. The van der Waals surface area contributed by atoms with E-state index >= 15 is 0 Å². The van der Waals surface area contributed by atoms with E-state index in [2.05, 4.69) is 21.2 Å². The van der Waals surface area contributed by atoms with E-state index < -0.39 is 0 Å². The third-order valence-electron chi connectivity index (χ3n) is 6.62. The molecule has 2 aromatic heterocycles. The second kappa shape index (κ2) is 11.9. The van der Waals surface area contributed by atoms with Crippen LogP contribution in [-0.4, -0.2) is 83.4 Å². The molecular weight excluding hydrogens is 432 g/mol. The Labute approximate surface area is 201 Å². The van der Waals surface area contributed by atoms with Crippen LogP contribution in [0.15, 0.2) is 22.8 Å². The van der Waals surface area contributed by atoms with Crippen LogP contribution in [0.4, 0.5) is 5.82 Å². The van der Waals surface area contributed by atoms with Gasteiger partial charge in [-0.25, -0.2) is 0 Å². The van der Waals surface area contributed by atoms with E-state index in [1.165, 1.54) is 0 Å². The highest BCUT2D eigenvalue weighted by atomic mass is 16.3. The van der Waals surface area contributed by atoms with Crippen LogP contribution in [0.1, 0.15) is 42.8 Å². The topological polar surface area (TPSA) is 97.8 Å². The van der Waals surface area contributed by atoms with Crippen LogP contribution in [0.25, 0.3) is 0 Å². The zero-order chi connectivity index (χ0) is 24.7. The standard InChI is InChI=1S/C25H36N6O3/c1-5-30(6-2)24(33)18-29-11-8-10-28(12-13-29)17-23(32)27-25-22(15-26)19(3)20(4)31(25)16-21-9-7-14-34-21/h7,9,14H,5-6,8,10-13,16-18H2,1-4H3,(H,27,32). The zero-order valence-corrected chi connectivity index (χ0v) is 20.8. The molecule has 9 heteroatoms. The monoisotopic (exact) mass is 468 g/mol. The molecule has 3 heterocycles. The number of anilines is 1. The highest BCUT2D eigenvalue weighted by molar-refractivity contribution is 5.93. The lowest BCUT2D eigenvalue weighted by Gasteiger charge is -2.25. The van der Waals surface area contributed by atoms with E-state index in [1.54, 1.807) is 6.26 Å². The van der Waals surface area contributed by atoms with Crippen LogP contribution in [0, 0.1) is 25.2 Å². The predicted octanol–water partition coefficient (Wildman–Crippen LogP) is 2.43. The summed E-state index contributed by atoms with van der Waals surface area (Å²) in [6.45, 7) is 13.5. The lowest BCUT2D eigenvalue weighted by atomic mass is 10.2. The van der Waals surface area contributed by atoms with Gasteiger partial charge in [0.15, 0.2) is 0 Å². The fourth-order valence-electron chi connectivity index (χ4n) is 4.47. The molecule has 1 N–H and O–H groups in total. The molecule has 1 aliphatic rings. The first-order chi connectivity index (χ1) is 16.4. The van der Waals surface area contributed by atoms with Crippen molar-refractivity contribution in [2.24, 2.45) is 0 Å². The number of rotatable bonds is 9. The number of hydrogen-bond acceptors (Lipinski definition) is 6. The molecule has 0 spiro atoms. The summed E-state index contributed by atoms with van der Waals surface area (Å²) < 4.78 is 7.40. The SMILES string of the molecule is CCN(CC)C(=O)CN1CCCN(CC(=O)Nc2c(C#N)c(C)c(C)n2Cc2ccco2)CC1. The molecule has 9 nitrogen and oxygen atoms in total. The van der Waals surface area contributed by atoms with Crippen molar-refractivity contribution >= 4 is 17.6 Å². The molecule has 184 valence electrons. The first-order valence-electron chi connectivity index (χ1n) is 12.0.